The summed E-state index contributed by atoms with van der Waals surface area (Å²) >= 11 is 1.36. The lowest BCUT2D eigenvalue weighted by molar-refractivity contribution is 0.0607. The lowest BCUT2D eigenvalue weighted by Gasteiger charge is -2.18. The van der Waals surface area contributed by atoms with E-state index in [4.69, 9.17) is 10.5 Å². The third kappa shape index (κ3) is 2.85. The fourth-order valence-electron chi connectivity index (χ4n) is 1.93. The van der Waals surface area contributed by atoms with Crippen molar-refractivity contribution in [2.45, 2.75) is 26.2 Å². The fraction of sp³-hybridized carbons (Fsp3) is 0.312. The van der Waals surface area contributed by atoms with Crippen LogP contribution in [0, 0.1) is 0 Å². The first-order valence-corrected chi connectivity index (χ1v) is 7.23. The Morgan fingerprint density at radius 3 is 2.30 bits per heavy atom. The summed E-state index contributed by atoms with van der Waals surface area (Å²) in [5, 5.41) is 0. The molecule has 0 amide bonds. The second-order valence-electron chi connectivity index (χ2n) is 5.71. The Hall–Kier alpha value is -1.81. The zero-order valence-electron chi connectivity index (χ0n) is 12.2. The number of ether oxygens (including phenoxy) is 1. The Bertz CT molecular complexity index is 621. The van der Waals surface area contributed by atoms with Crippen molar-refractivity contribution in [2.75, 3.05) is 12.8 Å². The van der Waals surface area contributed by atoms with Gasteiger partial charge in [-0.3, -0.25) is 0 Å². The molecular weight excluding hydrogens is 270 g/mol. The van der Waals surface area contributed by atoms with Gasteiger partial charge < -0.3 is 10.5 Å². The Kier molecular flexibility index (Phi) is 3.86. The van der Waals surface area contributed by atoms with E-state index in [-0.39, 0.29) is 11.4 Å². The first-order chi connectivity index (χ1) is 9.32. The topological polar surface area (TPSA) is 52.3 Å². The summed E-state index contributed by atoms with van der Waals surface area (Å²) < 4.78 is 4.72. The molecule has 2 N–H and O–H groups in total. The number of nitrogens with two attached hydrogens (primary N) is 1. The van der Waals surface area contributed by atoms with Crippen LogP contribution >= 0.6 is 11.3 Å². The van der Waals surface area contributed by atoms with Crippen molar-refractivity contribution in [3.05, 3.63) is 40.8 Å². The van der Waals surface area contributed by atoms with E-state index in [1.54, 1.807) is 0 Å². The van der Waals surface area contributed by atoms with Crippen molar-refractivity contribution in [1.82, 2.24) is 0 Å². The molecule has 4 heteroatoms. The quantitative estimate of drug-likeness (QED) is 0.847. The highest BCUT2D eigenvalue weighted by molar-refractivity contribution is 7.18. The Balaban J connectivity index is 2.35. The molecule has 1 aromatic carbocycles. The van der Waals surface area contributed by atoms with Gasteiger partial charge in [0.2, 0.25) is 0 Å². The van der Waals surface area contributed by atoms with Gasteiger partial charge in [0.05, 0.1) is 12.8 Å². The van der Waals surface area contributed by atoms with Crippen LogP contribution in [0.25, 0.3) is 10.4 Å². The van der Waals surface area contributed by atoms with E-state index >= 15 is 0 Å². The van der Waals surface area contributed by atoms with E-state index in [1.165, 1.54) is 24.0 Å². The van der Waals surface area contributed by atoms with Crippen molar-refractivity contribution >= 4 is 23.0 Å². The molecular formula is C16H19NO2S. The molecule has 0 aliphatic carbocycles. The number of methoxy groups -OCH3 is 1. The average Bonchev–Trinajstić information content (AvgIpc) is 2.79. The van der Waals surface area contributed by atoms with Crippen molar-refractivity contribution < 1.29 is 9.53 Å². The number of carbonyl (C=O) groups is 1. The molecule has 0 aliphatic rings. The van der Waals surface area contributed by atoms with Crippen LogP contribution in [0.2, 0.25) is 0 Å². The third-order valence-electron chi connectivity index (χ3n) is 3.17. The van der Waals surface area contributed by atoms with Crippen LogP contribution in [0.15, 0.2) is 30.3 Å². The largest absolute Gasteiger partial charge is 0.465 e. The van der Waals surface area contributed by atoms with E-state index in [0.717, 1.165) is 10.4 Å². The number of hydrogen-bond acceptors (Lipinski definition) is 4. The highest BCUT2D eigenvalue weighted by Crippen LogP contribution is 2.34. The lowest BCUT2D eigenvalue weighted by atomic mass is 9.86. The molecule has 3 nitrogen and oxygen atoms in total. The lowest BCUT2D eigenvalue weighted by Crippen LogP contribution is -2.10. The van der Waals surface area contributed by atoms with Gasteiger partial charge in [0.1, 0.15) is 4.88 Å². The van der Waals surface area contributed by atoms with Crippen molar-refractivity contribution in [1.29, 1.82) is 0 Å². The number of hydrogen-bond donors (Lipinski definition) is 1. The minimum absolute atomic E-state index is 0.129. The molecule has 0 saturated heterocycles. The van der Waals surface area contributed by atoms with Gasteiger partial charge >= 0.3 is 5.97 Å². The number of thiophene rings is 1. The molecule has 2 aromatic rings. The second kappa shape index (κ2) is 5.29. The summed E-state index contributed by atoms with van der Waals surface area (Å²) in [5.41, 5.74) is 8.80. The van der Waals surface area contributed by atoms with Gasteiger partial charge in [-0.15, -0.1) is 11.3 Å². The van der Waals surface area contributed by atoms with Crippen molar-refractivity contribution in [3.63, 3.8) is 0 Å². The second-order valence-corrected chi connectivity index (χ2v) is 6.77. The molecule has 106 valence electrons. The van der Waals surface area contributed by atoms with E-state index in [1.807, 2.05) is 6.07 Å². The minimum atomic E-state index is -0.384. The van der Waals surface area contributed by atoms with Crippen LogP contribution in [0.4, 0.5) is 5.69 Å². The smallest absolute Gasteiger partial charge is 0.350 e. The number of carbonyl (C=O) groups excluding carboxylic acids is 1. The molecule has 0 unspecified atom stereocenters. The van der Waals surface area contributed by atoms with Gasteiger partial charge in [-0.2, -0.15) is 0 Å². The van der Waals surface area contributed by atoms with Crippen LogP contribution in [0.5, 0.6) is 0 Å². The molecule has 0 aliphatic heterocycles. The number of esters is 1. The summed E-state index contributed by atoms with van der Waals surface area (Å²) in [6.45, 7) is 6.54. The van der Waals surface area contributed by atoms with Crippen LogP contribution in [0.3, 0.4) is 0 Å². The van der Waals surface area contributed by atoms with Gasteiger partial charge in [-0.05, 0) is 22.6 Å². The van der Waals surface area contributed by atoms with Gasteiger partial charge in [0.15, 0.2) is 0 Å². The molecule has 0 atom stereocenters. The first kappa shape index (κ1) is 14.6. The monoisotopic (exact) mass is 289 g/mol. The number of rotatable bonds is 2. The third-order valence-corrected chi connectivity index (χ3v) is 4.35. The summed E-state index contributed by atoms with van der Waals surface area (Å²) in [6, 6.07) is 10.2. The maximum absolute atomic E-state index is 11.6. The number of benzene rings is 1. The Morgan fingerprint density at radius 1 is 1.20 bits per heavy atom. The molecule has 0 spiro atoms. The van der Waals surface area contributed by atoms with Crippen LogP contribution in [0.1, 0.15) is 36.0 Å². The zero-order chi connectivity index (χ0) is 14.9. The first-order valence-electron chi connectivity index (χ1n) is 6.41. The van der Waals surface area contributed by atoms with Crippen LogP contribution in [-0.2, 0) is 10.2 Å². The predicted molar refractivity (Wildman–Crippen MR) is 84.2 cm³/mol. The van der Waals surface area contributed by atoms with E-state index in [9.17, 15) is 4.79 Å². The zero-order valence-corrected chi connectivity index (χ0v) is 13.0. The molecule has 1 heterocycles. The standard InChI is InChI=1S/C16H19NO2S/c1-16(2,3)11-7-5-10(6-8-11)13-9-12(17)14(20-13)15(18)19-4/h5-9H,17H2,1-4H3. The highest BCUT2D eigenvalue weighted by Gasteiger charge is 2.17. The SMILES string of the molecule is COC(=O)c1sc(-c2ccc(C(C)(C)C)cc2)cc1N. The van der Waals surface area contributed by atoms with Crippen molar-refractivity contribution in [3.8, 4) is 10.4 Å². The molecule has 0 fully saturated rings. The molecule has 1 aromatic heterocycles. The normalized spacial score (nSPS) is 11.4. The van der Waals surface area contributed by atoms with Gasteiger partial charge in [-0.1, -0.05) is 45.0 Å². The van der Waals surface area contributed by atoms with Gasteiger partial charge in [0, 0.05) is 4.88 Å². The average molecular weight is 289 g/mol. The molecule has 0 radical (unpaired) electrons. The number of anilines is 1. The maximum Gasteiger partial charge on any atom is 0.350 e. The Labute approximate surface area is 123 Å². The summed E-state index contributed by atoms with van der Waals surface area (Å²) in [4.78, 5) is 13.0. The minimum Gasteiger partial charge on any atom is -0.465 e. The number of nitrogen functional groups attached to an aromatic ring is 1. The maximum atomic E-state index is 11.6. The van der Waals surface area contributed by atoms with E-state index in [2.05, 4.69) is 45.0 Å². The van der Waals surface area contributed by atoms with Crippen LogP contribution < -0.4 is 5.73 Å². The Morgan fingerprint density at radius 2 is 1.80 bits per heavy atom. The van der Waals surface area contributed by atoms with E-state index < -0.39 is 0 Å². The molecule has 0 saturated carbocycles. The van der Waals surface area contributed by atoms with E-state index in [0.29, 0.717) is 10.6 Å². The summed E-state index contributed by atoms with van der Waals surface area (Å²) in [5.74, 6) is -0.384. The molecule has 0 bridgehead atoms. The summed E-state index contributed by atoms with van der Waals surface area (Å²) in [6.07, 6.45) is 0. The van der Waals surface area contributed by atoms with Gasteiger partial charge in [-0.25, -0.2) is 4.79 Å². The van der Waals surface area contributed by atoms with Crippen LogP contribution in [-0.4, -0.2) is 13.1 Å². The summed E-state index contributed by atoms with van der Waals surface area (Å²) in [7, 11) is 1.36. The highest BCUT2D eigenvalue weighted by atomic mass is 32.1. The molecule has 2 rings (SSSR count). The fourth-order valence-corrected chi connectivity index (χ4v) is 2.94. The van der Waals surface area contributed by atoms with Crippen molar-refractivity contribution in [2.24, 2.45) is 0 Å². The molecule has 20 heavy (non-hydrogen) atoms. The van der Waals surface area contributed by atoms with Gasteiger partial charge in [0.25, 0.3) is 0 Å². The predicted octanol–water partition coefficient (Wildman–Crippen LogP) is 4.08.